The van der Waals surface area contributed by atoms with Gasteiger partial charge in [0.15, 0.2) is 11.6 Å². The van der Waals surface area contributed by atoms with Gasteiger partial charge in [-0.05, 0) is 18.8 Å². The summed E-state index contributed by atoms with van der Waals surface area (Å²) in [6.07, 6.45) is 3.93. The first-order chi connectivity index (χ1) is 8.59. The van der Waals surface area contributed by atoms with Crippen LogP contribution in [0.1, 0.15) is 42.5 Å². The van der Waals surface area contributed by atoms with Crippen LogP contribution in [-0.2, 0) is 0 Å². The van der Waals surface area contributed by atoms with Crippen LogP contribution in [-0.4, -0.2) is 22.0 Å². The predicted octanol–water partition coefficient (Wildman–Crippen LogP) is 2.48. The molecule has 98 valence electrons. The molecule has 0 bridgehead atoms. The Labute approximate surface area is 104 Å². The van der Waals surface area contributed by atoms with Gasteiger partial charge in [-0.3, -0.25) is 4.79 Å². The number of hydrogen-bond acceptors (Lipinski definition) is 3. The van der Waals surface area contributed by atoms with Crippen molar-refractivity contribution in [3.05, 3.63) is 29.6 Å². The average Bonchev–Trinajstić information content (AvgIpc) is 2.41. The van der Waals surface area contributed by atoms with Crippen molar-refractivity contribution in [2.24, 2.45) is 5.92 Å². The first-order valence-corrected chi connectivity index (χ1v) is 6.13. The Kier molecular flexibility index (Phi) is 4.01. The van der Waals surface area contributed by atoms with Crippen molar-refractivity contribution in [1.29, 1.82) is 0 Å². The number of nitrogens with zero attached hydrogens (tertiary/aromatic N) is 1. The molecule has 1 fully saturated rings. The van der Waals surface area contributed by atoms with Gasteiger partial charge in [-0.15, -0.1) is 0 Å². The summed E-state index contributed by atoms with van der Waals surface area (Å²) in [7, 11) is 0. The van der Waals surface area contributed by atoms with Crippen LogP contribution in [0.3, 0.4) is 0 Å². The van der Waals surface area contributed by atoms with Gasteiger partial charge in [-0.2, -0.15) is 4.39 Å². The minimum Gasteiger partial charge on any atom is -0.385 e. The molecule has 18 heavy (non-hydrogen) atoms. The van der Waals surface area contributed by atoms with E-state index in [1.807, 2.05) is 0 Å². The molecular formula is C13H15F2NO2. The number of ketones is 1. The monoisotopic (exact) mass is 255 g/mol. The van der Waals surface area contributed by atoms with Gasteiger partial charge in [0.05, 0.1) is 11.8 Å². The molecule has 0 aliphatic heterocycles. The van der Waals surface area contributed by atoms with Gasteiger partial charge >= 0.3 is 0 Å². The standard InChI is InChI=1S/C13H15F2NO2/c14-10-7-16-11(15)6-9(10)13(18)12(17)8-4-2-1-3-5-8/h6-8,12,17H,1-5H2. The third kappa shape index (κ3) is 2.72. The molecule has 1 aromatic rings. The fourth-order valence-corrected chi connectivity index (χ4v) is 2.43. The number of halogens is 2. The molecule has 1 saturated carbocycles. The molecule has 2 rings (SSSR count). The summed E-state index contributed by atoms with van der Waals surface area (Å²) in [5, 5.41) is 9.95. The Morgan fingerprint density at radius 2 is 2.00 bits per heavy atom. The molecule has 1 N–H and O–H groups in total. The Morgan fingerprint density at radius 3 is 2.67 bits per heavy atom. The fraction of sp³-hybridized carbons (Fsp3) is 0.538. The minimum atomic E-state index is -1.25. The molecule has 0 spiro atoms. The van der Waals surface area contributed by atoms with E-state index in [1.165, 1.54) is 0 Å². The van der Waals surface area contributed by atoms with E-state index in [9.17, 15) is 18.7 Å². The molecule has 0 aromatic carbocycles. The van der Waals surface area contributed by atoms with Crippen LogP contribution < -0.4 is 0 Å². The number of carbonyl (C=O) groups excluding carboxylic acids is 1. The Balaban J connectivity index is 2.16. The SMILES string of the molecule is O=C(c1cc(F)ncc1F)C(O)C1CCCCC1. The highest BCUT2D eigenvalue weighted by Crippen LogP contribution is 2.28. The van der Waals surface area contributed by atoms with Crippen LogP contribution in [0.4, 0.5) is 8.78 Å². The summed E-state index contributed by atoms with van der Waals surface area (Å²) in [5.41, 5.74) is -0.416. The van der Waals surface area contributed by atoms with Gasteiger partial charge in [-0.1, -0.05) is 19.3 Å². The number of rotatable bonds is 3. The molecule has 0 saturated heterocycles. The first kappa shape index (κ1) is 13.1. The summed E-state index contributed by atoms with van der Waals surface area (Å²) < 4.78 is 26.3. The number of aliphatic hydroxyl groups is 1. The van der Waals surface area contributed by atoms with E-state index in [1.54, 1.807) is 0 Å². The number of aromatic nitrogens is 1. The highest BCUT2D eigenvalue weighted by molar-refractivity contribution is 5.99. The van der Waals surface area contributed by atoms with E-state index in [-0.39, 0.29) is 5.92 Å². The van der Waals surface area contributed by atoms with E-state index < -0.39 is 29.2 Å². The van der Waals surface area contributed by atoms with Crippen LogP contribution in [0, 0.1) is 17.7 Å². The quantitative estimate of drug-likeness (QED) is 0.666. The largest absolute Gasteiger partial charge is 0.385 e. The third-order valence-corrected chi connectivity index (χ3v) is 3.45. The van der Waals surface area contributed by atoms with Crippen LogP contribution in [0.25, 0.3) is 0 Å². The summed E-state index contributed by atoms with van der Waals surface area (Å²) in [5.74, 6) is -2.71. The Morgan fingerprint density at radius 1 is 1.33 bits per heavy atom. The molecule has 0 amide bonds. The first-order valence-electron chi connectivity index (χ1n) is 6.13. The predicted molar refractivity (Wildman–Crippen MR) is 61.1 cm³/mol. The van der Waals surface area contributed by atoms with E-state index in [0.29, 0.717) is 6.20 Å². The molecule has 1 unspecified atom stereocenters. The Hall–Kier alpha value is -1.36. The molecule has 1 aliphatic rings. The van der Waals surface area contributed by atoms with Gasteiger partial charge < -0.3 is 5.11 Å². The van der Waals surface area contributed by atoms with Gasteiger partial charge in [0.25, 0.3) is 0 Å². The molecular weight excluding hydrogens is 240 g/mol. The minimum absolute atomic E-state index is 0.151. The average molecular weight is 255 g/mol. The van der Waals surface area contributed by atoms with Crippen LogP contribution in [0.5, 0.6) is 0 Å². The van der Waals surface area contributed by atoms with Crippen molar-refractivity contribution in [3.63, 3.8) is 0 Å². The van der Waals surface area contributed by atoms with Crippen molar-refractivity contribution >= 4 is 5.78 Å². The zero-order chi connectivity index (χ0) is 13.1. The lowest BCUT2D eigenvalue weighted by atomic mass is 9.82. The highest BCUT2D eigenvalue weighted by Gasteiger charge is 2.30. The number of pyridine rings is 1. The van der Waals surface area contributed by atoms with Crippen molar-refractivity contribution in [2.45, 2.75) is 38.2 Å². The van der Waals surface area contributed by atoms with Gasteiger partial charge in [0.2, 0.25) is 5.95 Å². The summed E-state index contributed by atoms with van der Waals surface area (Å²) >= 11 is 0. The summed E-state index contributed by atoms with van der Waals surface area (Å²) in [6.45, 7) is 0. The number of aliphatic hydroxyl groups excluding tert-OH is 1. The lowest BCUT2D eigenvalue weighted by molar-refractivity contribution is 0.0530. The zero-order valence-corrected chi connectivity index (χ0v) is 9.90. The molecule has 1 aliphatic carbocycles. The Bertz CT molecular complexity index is 445. The van der Waals surface area contributed by atoms with E-state index in [4.69, 9.17) is 0 Å². The number of carbonyl (C=O) groups is 1. The molecule has 1 heterocycles. The fourth-order valence-electron chi connectivity index (χ4n) is 2.43. The van der Waals surface area contributed by atoms with Gasteiger partial charge in [-0.25, -0.2) is 9.37 Å². The molecule has 5 heteroatoms. The van der Waals surface area contributed by atoms with Crippen LogP contribution >= 0.6 is 0 Å². The maximum absolute atomic E-state index is 13.4. The number of Topliss-reactive ketones (excluding diaryl/α,β-unsaturated/α-hetero) is 1. The zero-order valence-electron chi connectivity index (χ0n) is 9.90. The molecule has 0 radical (unpaired) electrons. The van der Waals surface area contributed by atoms with E-state index in [2.05, 4.69) is 4.98 Å². The van der Waals surface area contributed by atoms with E-state index in [0.717, 1.165) is 38.2 Å². The third-order valence-electron chi connectivity index (χ3n) is 3.45. The van der Waals surface area contributed by atoms with Crippen LogP contribution in [0.15, 0.2) is 12.3 Å². The lowest BCUT2D eigenvalue weighted by Crippen LogP contribution is -2.31. The maximum Gasteiger partial charge on any atom is 0.213 e. The van der Waals surface area contributed by atoms with Crippen molar-refractivity contribution in [2.75, 3.05) is 0 Å². The normalized spacial score (nSPS) is 18.6. The summed E-state index contributed by atoms with van der Waals surface area (Å²) in [4.78, 5) is 15.1. The molecule has 3 nitrogen and oxygen atoms in total. The summed E-state index contributed by atoms with van der Waals surface area (Å²) in [6, 6.07) is 0.740. The lowest BCUT2D eigenvalue weighted by Gasteiger charge is -2.25. The van der Waals surface area contributed by atoms with Crippen LogP contribution in [0.2, 0.25) is 0 Å². The van der Waals surface area contributed by atoms with E-state index >= 15 is 0 Å². The second kappa shape index (κ2) is 5.52. The van der Waals surface area contributed by atoms with Crippen molar-refractivity contribution in [1.82, 2.24) is 4.98 Å². The maximum atomic E-state index is 13.4. The highest BCUT2D eigenvalue weighted by atomic mass is 19.1. The van der Waals surface area contributed by atoms with Gasteiger partial charge in [0, 0.05) is 6.07 Å². The second-order valence-electron chi connectivity index (χ2n) is 4.69. The van der Waals surface area contributed by atoms with Crippen molar-refractivity contribution in [3.8, 4) is 0 Å². The molecule has 1 atom stereocenters. The van der Waals surface area contributed by atoms with Crippen molar-refractivity contribution < 1.29 is 18.7 Å². The topological polar surface area (TPSA) is 50.2 Å². The smallest absolute Gasteiger partial charge is 0.213 e. The number of hydrogen-bond donors (Lipinski definition) is 1. The molecule has 1 aromatic heterocycles. The second-order valence-corrected chi connectivity index (χ2v) is 4.69. The van der Waals surface area contributed by atoms with Gasteiger partial charge in [0.1, 0.15) is 6.10 Å².